The van der Waals surface area contributed by atoms with Gasteiger partial charge in [-0.05, 0) is 24.3 Å². The maximum atomic E-state index is 12.7. The minimum atomic E-state index is -0.332. The summed E-state index contributed by atoms with van der Waals surface area (Å²) < 4.78 is 12.7. The van der Waals surface area contributed by atoms with Crippen LogP contribution in [0.2, 0.25) is 0 Å². The number of amides is 2. The van der Waals surface area contributed by atoms with Crippen molar-refractivity contribution in [3.8, 4) is 0 Å². The molecule has 3 nitrogen and oxygen atoms in total. The van der Waals surface area contributed by atoms with E-state index in [0.717, 1.165) is 0 Å². The zero-order chi connectivity index (χ0) is 12.8. The highest BCUT2D eigenvalue weighted by atomic mass is 19.1. The van der Waals surface area contributed by atoms with E-state index in [2.05, 4.69) is 10.6 Å². The van der Waals surface area contributed by atoms with Crippen LogP contribution in [0.15, 0.2) is 60.7 Å². The first-order valence-corrected chi connectivity index (χ1v) is 5.59. The van der Waals surface area contributed by atoms with Gasteiger partial charge in [-0.25, -0.2) is 9.18 Å². The van der Waals surface area contributed by atoms with E-state index in [1.807, 2.05) is 36.5 Å². The van der Waals surface area contributed by atoms with Crippen molar-refractivity contribution in [2.24, 2.45) is 0 Å². The first kappa shape index (κ1) is 12.1. The van der Waals surface area contributed by atoms with Gasteiger partial charge in [0.15, 0.2) is 0 Å². The normalized spacial score (nSPS) is 14.3. The van der Waals surface area contributed by atoms with Gasteiger partial charge in [-0.3, -0.25) is 0 Å². The number of rotatable bonds is 2. The molecule has 0 bridgehead atoms. The number of hydrogen-bond donors (Lipinski definition) is 2. The quantitative estimate of drug-likeness (QED) is 0.825. The Bertz CT molecular complexity index is 487. The van der Waals surface area contributed by atoms with Gasteiger partial charge in [-0.15, -0.1) is 0 Å². The molecule has 0 unspecified atom stereocenters. The number of benzene rings is 1. The maximum absolute atomic E-state index is 12.7. The van der Waals surface area contributed by atoms with Crippen molar-refractivity contribution in [2.45, 2.75) is 6.04 Å². The lowest BCUT2D eigenvalue weighted by molar-refractivity contribution is 0.251. The van der Waals surface area contributed by atoms with E-state index in [1.54, 1.807) is 0 Å². The molecule has 2 rings (SSSR count). The van der Waals surface area contributed by atoms with Gasteiger partial charge in [0.1, 0.15) is 5.82 Å². The van der Waals surface area contributed by atoms with Gasteiger partial charge < -0.3 is 10.6 Å². The van der Waals surface area contributed by atoms with Crippen molar-refractivity contribution in [3.63, 3.8) is 0 Å². The summed E-state index contributed by atoms with van der Waals surface area (Å²) in [5, 5.41) is 5.40. The molecule has 1 aromatic rings. The zero-order valence-electron chi connectivity index (χ0n) is 9.64. The van der Waals surface area contributed by atoms with Crippen molar-refractivity contribution in [1.29, 1.82) is 0 Å². The second kappa shape index (κ2) is 5.82. The lowest BCUT2D eigenvalue weighted by Gasteiger charge is -2.11. The number of carbonyl (C=O) groups is 1. The number of allylic oxidation sites excluding steroid dienone is 4. The largest absolute Gasteiger partial charge is 0.328 e. The van der Waals surface area contributed by atoms with Crippen LogP contribution < -0.4 is 10.6 Å². The van der Waals surface area contributed by atoms with Gasteiger partial charge in [-0.2, -0.15) is 0 Å². The summed E-state index contributed by atoms with van der Waals surface area (Å²) in [4.78, 5) is 11.7. The molecule has 4 heteroatoms. The van der Waals surface area contributed by atoms with Gasteiger partial charge in [0.25, 0.3) is 0 Å². The second-order valence-corrected chi connectivity index (χ2v) is 3.79. The molecule has 1 aliphatic carbocycles. The van der Waals surface area contributed by atoms with Gasteiger partial charge in [0.05, 0.1) is 6.04 Å². The van der Waals surface area contributed by atoms with Gasteiger partial charge in [0.2, 0.25) is 0 Å². The van der Waals surface area contributed by atoms with Crippen LogP contribution in [0.1, 0.15) is 0 Å². The Labute approximate surface area is 105 Å². The fourth-order valence-electron chi connectivity index (χ4n) is 1.51. The van der Waals surface area contributed by atoms with E-state index in [-0.39, 0.29) is 17.9 Å². The topological polar surface area (TPSA) is 41.1 Å². The predicted octanol–water partition coefficient (Wildman–Crippen LogP) is 3.00. The first-order chi connectivity index (χ1) is 8.74. The standard InChI is InChI=1S/C14H13FN2O/c15-11-7-9-13(10-8-11)17-14(18)16-12-5-3-1-2-4-6-12/h1-10,12H,(H2,16,17,18). The van der Waals surface area contributed by atoms with Gasteiger partial charge >= 0.3 is 6.03 Å². The molecule has 92 valence electrons. The van der Waals surface area contributed by atoms with Crippen LogP contribution >= 0.6 is 0 Å². The smallest absolute Gasteiger partial charge is 0.319 e. The third kappa shape index (κ3) is 3.59. The summed E-state index contributed by atoms with van der Waals surface area (Å²) in [6.45, 7) is 0. The number of anilines is 1. The molecular weight excluding hydrogens is 231 g/mol. The van der Waals surface area contributed by atoms with Crippen molar-refractivity contribution in [1.82, 2.24) is 5.32 Å². The highest BCUT2D eigenvalue weighted by Crippen LogP contribution is 2.08. The average molecular weight is 244 g/mol. The van der Waals surface area contributed by atoms with Crippen LogP contribution in [0.3, 0.4) is 0 Å². The van der Waals surface area contributed by atoms with E-state index < -0.39 is 0 Å². The van der Waals surface area contributed by atoms with Gasteiger partial charge in [0, 0.05) is 5.69 Å². The Kier molecular flexibility index (Phi) is 3.91. The molecule has 0 aliphatic heterocycles. The zero-order valence-corrected chi connectivity index (χ0v) is 9.64. The highest BCUT2D eigenvalue weighted by molar-refractivity contribution is 5.89. The summed E-state index contributed by atoms with van der Waals surface area (Å²) >= 11 is 0. The molecule has 2 amide bonds. The number of hydrogen-bond acceptors (Lipinski definition) is 1. The minimum Gasteiger partial charge on any atom is -0.328 e. The average Bonchev–Trinajstić information content (AvgIpc) is 2.61. The van der Waals surface area contributed by atoms with Crippen LogP contribution in [0.25, 0.3) is 0 Å². The molecule has 0 spiro atoms. The van der Waals surface area contributed by atoms with Crippen molar-refractivity contribution < 1.29 is 9.18 Å². The molecular formula is C14H13FN2O. The lowest BCUT2D eigenvalue weighted by atomic mass is 10.2. The molecule has 0 aromatic heterocycles. The number of nitrogens with one attached hydrogen (secondary N) is 2. The molecule has 2 N–H and O–H groups in total. The molecule has 0 fully saturated rings. The van der Waals surface area contributed by atoms with Crippen molar-refractivity contribution >= 4 is 11.7 Å². The molecule has 0 saturated heterocycles. The molecule has 0 saturated carbocycles. The molecule has 18 heavy (non-hydrogen) atoms. The van der Waals surface area contributed by atoms with E-state index in [4.69, 9.17) is 0 Å². The van der Waals surface area contributed by atoms with Crippen LogP contribution in [0, 0.1) is 5.82 Å². The third-order valence-electron chi connectivity index (χ3n) is 2.37. The van der Waals surface area contributed by atoms with Crippen molar-refractivity contribution in [3.05, 3.63) is 66.5 Å². The summed E-state index contributed by atoms with van der Waals surface area (Å²) in [7, 11) is 0. The Balaban J connectivity index is 1.90. The minimum absolute atomic E-state index is 0.152. The van der Waals surface area contributed by atoms with Crippen molar-refractivity contribution in [2.75, 3.05) is 5.32 Å². The third-order valence-corrected chi connectivity index (χ3v) is 2.37. The van der Waals surface area contributed by atoms with E-state index in [9.17, 15) is 9.18 Å². The van der Waals surface area contributed by atoms with Crippen LogP contribution in [-0.4, -0.2) is 12.1 Å². The molecule has 1 aliphatic rings. The van der Waals surface area contributed by atoms with E-state index in [0.29, 0.717) is 5.69 Å². The van der Waals surface area contributed by atoms with Crippen LogP contribution in [-0.2, 0) is 0 Å². The Morgan fingerprint density at radius 3 is 2.22 bits per heavy atom. The molecule has 1 aromatic carbocycles. The van der Waals surface area contributed by atoms with E-state index in [1.165, 1.54) is 24.3 Å². The Hall–Kier alpha value is -2.36. The monoisotopic (exact) mass is 244 g/mol. The fourth-order valence-corrected chi connectivity index (χ4v) is 1.51. The van der Waals surface area contributed by atoms with E-state index >= 15 is 0 Å². The number of carbonyl (C=O) groups excluding carboxylic acids is 1. The predicted molar refractivity (Wildman–Crippen MR) is 69.8 cm³/mol. The highest BCUT2D eigenvalue weighted by Gasteiger charge is 2.06. The van der Waals surface area contributed by atoms with Gasteiger partial charge in [-0.1, -0.05) is 36.5 Å². The summed E-state index contributed by atoms with van der Waals surface area (Å²) in [5.41, 5.74) is 0.550. The Morgan fingerprint density at radius 1 is 1.00 bits per heavy atom. The van der Waals surface area contributed by atoms with Crippen LogP contribution in [0.5, 0.6) is 0 Å². The van der Waals surface area contributed by atoms with Crippen LogP contribution in [0.4, 0.5) is 14.9 Å². The second-order valence-electron chi connectivity index (χ2n) is 3.79. The summed E-state index contributed by atoms with van der Waals surface area (Å²) in [6.07, 6.45) is 11.2. The molecule has 0 radical (unpaired) electrons. The number of halogens is 1. The Morgan fingerprint density at radius 2 is 1.61 bits per heavy atom. The SMILES string of the molecule is O=C(Nc1ccc(F)cc1)NC1C=CC=CC=C1. The molecule has 0 heterocycles. The fraction of sp³-hybridized carbons (Fsp3) is 0.0714. The summed E-state index contributed by atoms with van der Waals surface area (Å²) in [5.74, 6) is -0.332. The lowest BCUT2D eigenvalue weighted by Crippen LogP contribution is -2.35. The number of urea groups is 1. The summed E-state index contributed by atoms with van der Waals surface area (Å²) in [6, 6.07) is 5.13. The first-order valence-electron chi connectivity index (χ1n) is 5.59. The maximum Gasteiger partial charge on any atom is 0.319 e. The molecule has 0 atom stereocenters.